The summed E-state index contributed by atoms with van der Waals surface area (Å²) in [5.41, 5.74) is 1.02. The average Bonchev–Trinajstić information content (AvgIpc) is 3.13. The largest absolute Gasteiger partial charge is 0.494 e. The van der Waals surface area contributed by atoms with Gasteiger partial charge in [0.05, 0.1) is 41.1 Å². The number of aromatic hydroxyl groups is 1. The molecule has 178 valence electrons. The van der Waals surface area contributed by atoms with Gasteiger partial charge >= 0.3 is 12.6 Å². The van der Waals surface area contributed by atoms with Crippen molar-refractivity contribution in [1.82, 2.24) is 4.57 Å². The van der Waals surface area contributed by atoms with Crippen molar-refractivity contribution in [3.8, 4) is 23.1 Å². The number of halogens is 3. The molecule has 4 aromatic rings. The lowest BCUT2D eigenvalue weighted by Gasteiger charge is -2.14. The van der Waals surface area contributed by atoms with Gasteiger partial charge in [0.1, 0.15) is 11.5 Å². The van der Waals surface area contributed by atoms with E-state index >= 15 is 0 Å². The molecule has 1 heterocycles. The van der Waals surface area contributed by atoms with Gasteiger partial charge in [-0.25, -0.2) is 0 Å². The molecule has 6 nitrogen and oxygen atoms in total. The average molecular weight is 490 g/mol. The Morgan fingerprint density at radius 1 is 1.06 bits per heavy atom. The molecule has 0 bridgehead atoms. The lowest BCUT2D eigenvalue weighted by atomic mass is 10.0. The van der Waals surface area contributed by atoms with Gasteiger partial charge in [-0.3, -0.25) is 9.36 Å². The van der Waals surface area contributed by atoms with Crippen LogP contribution in [0.3, 0.4) is 0 Å². The van der Waals surface area contributed by atoms with Gasteiger partial charge < -0.3 is 19.3 Å². The van der Waals surface area contributed by atoms with Crippen LogP contribution >= 0.6 is 11.6 Å². The zero-order valence-electron chi connectivity index (χ0n) is 18.5. The lowest BCUT2D eigenvalue weighted by Crippen LogP contribution is -2.07. The molecule has 0 amide bonds. The Kier molecular flexibility index (Phi) is 6.79. The van der Waals surface area contributed by atoms with E-state index in [9.17, 15) is 18.7 Å². The van der Waals surface area contributed by atoms with Crippen LogP contribution in [-0.2, 0) is 16.0 Å². The van der Waals surface area contributed by atoms with Crippen molar-refractivity contribution in [2.75, 3.05) is 13.2 Å². The Labute approximate surface area is 199 Å². The van der Waals surface area contributed by atoms with E-state index in [1.165, 1.54) is 10.8 Å². The summed E-state index contributed by atoms with van der Waals surface area (Å²) in [5.74, 6) is -0.361. The first-order valence-corrected chi connectivity index (χ1v) is 11.0. The molecule has 0 fully saturated rings. The van der Waals surface area contributed by atoms with Gasteiger partial charge in [0.15, 0.2) is 0 Å². The van der Waals surface area contributed by atoms with Crippen molar-refractivity contribution in [1.29, 1.82) is 0 Å². The topological polar surface area (TPSA) is 69.9 Å². The summed E-state index contributed by atoms with van der Waals surface area (Å²) in [4.78, 5) is 11.8. The Morgan fingerprint density at radius 3 is 2.38 bits per heavy atom. The fourth-order valence-corrected chi connectivity index (χ4v) is 4.27. The molecule has 9 heteroatoms. The number of ether oxygens (including phenoxy) is 3. The predicted molar refractivity (Wildman–Crippen MR) is 126 cm³/mol. The molecule has 0 aliphatic rings. The molecule has 0 aliphatic heterocycles. The minimum atomic E-state index is -3.07. The monoisotopic (exact) mass is 489 g/mol. The molecule has 0 aliphatic carbocycles. The van der Waals surface area contributed by atoms with Crippen molar-refractivity contribution in [3.05, 3.63) is 59.2 Å². The van der Waals surface area contributed by atoms with Crippen LogP contribution in [0.5, 0.6) is 17.4 Å². The van der Waals surface area contributed by atoms with Crippen molar-refractivity contribution in [2.45, 2.75) is 26.9 Å². The smallest absolute Gasteiger partial charge is 0.387 e. The quantitative estimate of drug-likeness (QED) is 0.296. The maximum atomic E-state index is 13.3. The Balaban J connectivity index is 1.94. The number of nitrogens with zero attached hydrogens (tertiary/aromatic N) is 1. The third-order valence-electron chi connectivity index (χ3n) is 5.29. The maximum Gasteiger partial charge on any atom is 0.387 e. The van der Waals surface area contributed by atoms with E-state index in [-0.39, 0.29) is 46.4 Å². The number of carbonyl (C=O) groups excluding carboxylic acids is 1. The van der Waals surface area contributed by atoms with E-state index in [1.54, 1.807) is 56.3 Å². The van der Waals surface area contributed by atoms with Crippen LogP contribution in [-0.4, -0.2) is 35.5 Å². The summed E-state index contributed by atoms with van der Waals surface area (Å²) >= 11 is 6.49. The van der Waals surface area contributed by atoms with Crippen molar-refractivity contribution < 1.29 is 32.9 Å². The maximum absolute atomic E-state index is 13.3. The van der Waals surface area contributed by atoms with E-state index in [0.717, 1.165) is 0 Å². The summed E-state index contributed by atoms with van der Waals surface area (Å²) in [7, 11) is 0. The van der Waals surface area contributed by atoms with Gasteiger partial charge in [0.2, 0.25) is 5.88 Å². The molecule has 4 rings (SSSR count). The first kappa shape index (κ1) is 23.6. The SMILES string of the molecule is CCOC(=O)Cc1ccc(-n2cc3c(OC(F)F)c4ccccc4c(OCC)c3c2O)c(Cl)c1. The molecule has 0 saturated heterocycles. The number of alkyl halides is 2. The minimum Gasteiger partial charge on any atom is -0.494 e. The number of fused-ring (bicyclic) bond motifs is 2. The molecule has 0 atom stereocenters. The van der Waals surface area contributed by atoms with Crippen LogP contribution in [0.4, 0.5) is 8.78 Å². The van der Waals surface area contributed by atoms with Crippen LogP contribution in [0.25, 0.3) is 27.2 Å². The van der Waals surface area contributed by atoms with Gasteiger partial charge in [0.25, 0.3) is 0 Å². The van der Waals surface area contributed by atoms with E-state index in [4.69, 9.17) is 25.8 Å². The first-order valence-electron chi connectivity index (χ1n) is 10.7. The zero-order valence-corrected chi connectivity index (χ0v) is 19.2. The van der Waals surface area contributed by atoms with E-state index in [0.29, 0.717) is 34.4 Å². The lowest BCUT2D eigenvalue weighted by molar-refractivity contribution is -0.142. The standard InChI is InChI=1S/C25H22ClF2NO5/c1-3-32-20(30)12-14-9-10-19(18(26)11-14)29-13-17-21(24(29)31)23(33-4-2)16-8-6-5-7-15(16)22(17)34-25(27)28/h5-11,13,25,31H,3-4,12H2,1-2H3. The third kappa shape index (κ3) is 4.33. The van der Waals surface area contributed by atoms with Gasteiger partial charge in [-0.05, 0) is 31.5 Å². The fourth-order valence-electron chi connectivity index (χ4n) is 3.98. The van der Waals surface area contributed by atoms with E-state index < -0.39 is 6.61 Å². The highest BCUT2D eigenvalue weighted by Gasteiger charge is 2.25. The summed E-state index contributed by atoms with van der Waals surface area (Å²) in [5, 5.41) is 12.8. The molecule has 1 N–H and O–H groups in total. The van der Waals surface area contributed by atoms with Crippen LogP contribution in [0.1, 0.15) is 19.4 Å². The number of esters is 1. The molecule has 0 radical (unpaired) electrons. The van der Waals surface area contributed by atoms with Crippen molar-refractivity contribution in [3.63, 3.8) is 0 Å². The number of benzene rings is 3. The molecule has 3 aromatic carbocycles. The van der Waals surface area contributed by atoms with Crippen molar-refractivity contribution >= 4 is 39.1 Å². The highest BCUT2D eigenvalue weighted by atomic mass is 35.5. The summed E-state index contributed by atoms with van der Waals surface area (Å²) < 4.78 is 43.8. The predicted octanol–water partition coefficient (Wildman–Crippen LogP) is 6.25. The second kappa shape index (κ2) is 9.77. The first-order chi connectivity index (χ1) is 16.3. The van der Waals surface area contributed by atoms with Crippen LogP contribution in [0, 0.1) is 0 Å². The molecule has 1 aromatic heterocycles. The Morgan fingerprint density at radius 2 is 1.76 bits per heavy atom. The summed E-state index contributed by atoms with van der Waals surface area (Å²) in [6.45, 7) is 1.01. The molecular formula is C25H22ClF2NO5. The molecular weight excluding hydrogens is 468 g/mol. The second-order valence-electron chi connectivity index (χ2n) is 7.39. The number of carbonyl (C=O) groups is 1. The van der Waals surface area contributed by atoms with Gasteiger partial charge in [0, 0.05) is 17.0 Å². The second-order valence-corrected chi connectivity index (χ2v) is 7.80. The normalized spacial score (nSPS) is 11.4. The zero-order chi connectivity index (χ0) is 24.4. The Bertz CT molecular complexity index is 1370. The number of rotatable bonds is 8. The number of hydrogen-bond donors (Lipinski definition) is 1. The van der Waals surface area contributed by atoms with Gasteiger partial charge in [-0.2, -0.15) is 8.78 Å². The fraction of sp³-hybridized carbons (Fsp3) is 0.240. The van der Waals surface area contributed by atoms with Crippen molar-refractivity contribution in [2.24, 2.45) is 0 Å². The summed E-state index contributed by atoms with van der Waals surface area (Å²) in [6.07, 6.45) is 1.52. The van der Waals surface area contributed by atoms with Gasteiger partial charge in [-0.1, -0.05) is 41.9 Å². The molecule has 0 saturated carbocycles. The number of aromatic nitrogens is 1. The van der Waals surface area contributed by atoms with Crippen LogP contribution in [0.15, 0.2) is 48.7 Å². The molecule has 34 heavy (non-hydrogen) atoms. The van der Waals surface area contributed by atoms with Crippen LogP contribution in [0.2, 0.25) is 5.02 Å². The number of hydrogen-bond acceptors (Lipinski definition) is 5. The highest BCUT2D eigenvalue weighted by molar-refractivity contribution is 6.32. The highest BCUT2D eigenvalue weighted by Crippen LogP contribution is 2.48. The minimum absolute atomic E-state index is 0.0414. The Hall–Kier alpha value is -3.52. The van der Waals surface area contributed by atoms with E-state index in [1.807, 2.05) is 0 Å². The third-order valence-corrected chi connectivity index (χ3v) is 5.59. The van der Waals surface area contributed by atoms with Crippen LogP contribution < -0.4 is 9.47 Å². The molecule has 0 unspecified atom stereocenters. The summed E-state index contributed by atoms with van der Waals surface area (Å²) in [6, 6.07) is 11.7. The van der Waals surface area contributed by atoms with Gasteiger partial charge in [-0.15, -0.1) is 0 Å². The van der Waals surface area contributed by atoms with E-state index in [2.05, 4.69) is 0 Å². The molecule has 0 spiro atoms.